The normalized spacial score (nSPS) is 27.9. The lowest BCUT2D eigenvalue weighted by Gasteiger charge is -2.16. The Morgan fingerprint density at radius 3 is 1.80 bits per heavy atom. The first-order valence-electron chi connectivity index (χ1n) is 4.46. The van der Waals surface area contributed by atoms with Crippen LogP contribution in [-0.4, -0.2) is 31.1 Å². The molecule has 1 heterocycles. The Bertz CT molecular complexity index is 287. The molecule has 0 aromatic heterocycles. The van der Waals surface area contributed by atoms with E-state index in [0.717, 1.165) is 0 Å². The van der Waals surface area contributed by atoms with Crippen molar-refractivity contribution in [2.24, 2.45) is 10.2 Å². The zero-order valence-electron chi connectivity index (χ0n) is 8.57. The Labute approximate surface area is 86.4 Å². The summed E-state index contributed by atoms with van der Waals surface area (Å²) < 4.78 is 11.0. The van der Waals surface area contributed by atoms with Gasteiger partial charge in [0.2, 0.25) is 0 Å². The van der Waals surface area contributed by atoms with E-state index in [1.165, 1.54) is 0 Å². The number of azide groups is 2. The second-order valence-corrected chi connectivity index (χ2v) is 3.54. The van der Waals surface area contributed by atoms with Gasteiger partial charge in [0.1, 0.15) is 0 Å². The molecule has 1 fully saturated rings. The lowest BCUT2D eigenvalue weighted by molar-refractivity contribution is -0.144. The lowest BCUT2D eigenvalue weighted by atomic mass is 10.2. The molecule has 0 spiro atoms. The van der Waals surface area contributed by atoms with Gasteiger partial charge >= 0.3 is 0 Å². The highest BCUT2D eigenvalue weighted by molar-refractivity contribution is 4.84. The zero-order chi connectivity index (χ0) is 11.3. The Balaban J connectivity index is 2.64. The van der Waals surface area contributed by atoms with E-state index in [1.54, 1.807) is 13.8 Å². The van der Waals surface area contributed by atoms with E-state index < -0.39 is 5.79 Å². The number of rotatable bonds is 4. The maximum Gasteiger partial charge on any atom is 0.163 e. The van der Waals surface area contributed by atoms with Crippen molar-refractivity contribution in [2.45, 2.75) is 31.8 Å². The SMILES string of the molecule is CC1(C)O[C@H](CN=[N+]=[N-])[C@@H](CN=[N+]=[N-])O1. The average molecular weight is 212 g/mol. The summed E-state index contributed by atoms with van der Waals surface area (Å²) in [5.41, 5.74) is 16.4. The lowest BCUT2D eigenvalue weighted by Crippen LogP contribution is -2.27. The van der Waals surface area contributed by atoms with Crippen LogP contribution in [0.3, 0.4) is 0 Å². The highest BCUT2D eigenvalue weighted by Gasteiger charge is 2.40. The average Bonchev–Trinajstić information content (AvgIpc) is 2.47. The molecular formula is C7H12N6O2. The van der Waals surface area contributed by atoms with Crippen LogP contribution in [0.25, 0.3) is 20.9 Å². The first-order valence-corrected chi connectivity index (χ1v) is 4.46. The Morgan fingerprint density at radius 1 is 1.07 bits per heavy atom. The van der Waals surface area contributed by atoms with Gasteiger partial charge in [-0.3, -0.25) is 0 Å². The van der Waals surface area contributed by atoms with E-state index in [0.29, 0.717) is 0 Å². The van der Waals surface area contributed by atoms with Gasteiger partial charge in [-0.15, -0.1) is 0 Å². The fraction of sp³-hybridized carbons (Fsp3) is 1.00. The molecule has 8 heteroatoms. The van der Waals surface area contributed by atoms with Crippen molar-refractivity contribution in [1.82, 2.24) is 0 Å². The minimum Gasteiger partial charge on any atom is -0.344 e. The fourth-order valence-corrected chi connectivity index (χ4v) is 1.45. The van der Waals surface area contributed by atoms with Gasteiger partial charge in [0.05, 0.1) is 25.3 Å². The van der Waals surface area contributed by atoms with Gasteiger partial charge < -0.3 is 9.47 Å². The van der Waals surface area contributed by atoms with Crippen LogP contribution in [0.5, 0.6) is 0 Å². The van der Waals surface area contributed by atoms with Crippen molar-refractivity contribution in [3.05, 3.63) is 20.9 Å². The van der Waals surface area contributed by atoms with E-state index >= 15 is 0 Å². The zero-order valence-corrected chi connectivity index (χ0v) is 8.57. The van der Waals surface area contributed by atoms with Gasteiger partial charge in [0, 0.05) is 9.82 Å². The van der Waals surface area contributed by atoms with E-state index in [-0.39, 0.29) is 25.3 Å². The Morgan fingerprint density at radius 2 is 1.47 bits per heavy atom. The van der Waals surface area contributed by atoms with Crippen molar-refractivity contribution < 1.29 is 9.47 Å². The van der Waals surface area contributed by atoms with Crippen LogP contribution >= 0.6 is 0 Å². The second-order valence-electron chi connectivity index (χ2n) is 3.54. The van der Waals surface area contributed by atoms with E-state index in [4.69, 9.17) is 20.5 Å². The summed E-state index contributed by atoms with van der Waals surface area (Å²) in [6.45, 7) is 3.86. The van der Waals surface area contributed by atoms with Gasteiger partial charge in [-0.1, -0.05) is 10.2 Å². The predicted molar refractivity (Wildman–Crippen MR) is 51.9 cm³/mol. The molecular weight excluding hydrogens is 200 g/mol. The summed E-state index contributed by atoms with van der Waals surface area (Å²) in [5, 5.41) is 6.84. The van der Waals surface area contributed by atoms with Gasteiger partial charge in [0.25, 0.3) is 0 Å². The van der Waals surface area contributed by atoms with Crippen LogP contribution in [0.4, 0.5) is 0 Å². The van der Waals surface area contributed by atoms with Crippen molar-refractivity contribution >= 4 is 0 Å². The molecule has 1 saturated heterocycles. The molecule has 0 saturated carbocycles. The first-order chi connectivity index (χ1) is 7.09. The highest BCUT2D eigenvalue weighted by Crippen LogP contribution is 2.28. The molecule has 2 atom stereocenters. The molecule has 1 rings (SSSR count). The van der Waals surface area contributed by atoms with Crippen LogP contribution in [-0.2, 0) is 9.47 Å². The van der Waals surface area contributed by atoms with Gasteiger partial charge in [-0.05, 0) is 24.9 Å². The third-order valence-electron chi connectivity index (χ3n) is 1.93. The summed E-state index contributed by atoms with van der Waals surface area (Å²) in [5.74, 6) is -0.731. The summed E-state index contributed by atoms with van der Waals surface area (Å²) >= 11 is 0. The largest absolute Gasteiger partial charge is 0.344 e. The van der Waals surface area contributed by atoms with Crippen molar-refractivity contribution in [3.8, 4) is 0 Å². The third-order valence-corrected chi connectivity index (χ3v) is 1.93. The minimum atomic E-state index is -0.731. The molecule has 0 amide bonds. The smallest absolute Gasteiger partial charge is 0.163 e. The summed E-state index contributed by atoms with van der Waals surface area (Å²) in [7, 11) is 0. The second kappa shape index (κ2) is 4.86. The molecule has 1 aliphatic rings. The maximum absolute atomic E-state index is 8.20. The van der Waals surface area contributed by atoms with Crippen molar-refractivity contribution in [3.63, 3.8) is 0 Å². The predicted octanol–water partition coefficient (Wildman–Crippen LogP) is 2.13. The van der Waals surface area contributed by atoms with Crippen LogP contribution in [0.2, 0.25) is 0 Å². The number of hydrogen-bond donors (Lipinski definition) is 0. The molecule has 1 aliphatic heterocycles. The van der Waals surface area contributed by atoms with Gasteiger partial charge in [-0.2, -0.15) is 0 Å². The fourth-order valence-electron chi connectivity index (χ4n) is 1.45. The van der Waals surface area contributed by atoms with Crippen LogP contribution in [0.15, 0.2) is 10.2 Å². The quantitative estimate of drug-likeness (QED) is 0.403. The van der Waals surface area contributed by atoms with E-state index in [9.17, 15) is 0 Å². The molecule has 8 nitrogen and oxygen atoms in total. The minimum absolute atomic E-state index is 0.172. The van der Waals surface area contributed by atoms with Crippen LogP contribution < -0.4 is 0 Å². The molecule has 0 aromatic carbocycles. The van der Waals surface area contributed by atoms with Crippen molar-refractivity contribution in [2.75, 3.05) is 13.1 Å². The monoisotopic (exact) mass is 212 g/mol. The van der Waals surface area contributed by atoms with Gasteiger partial charge in [0.15, 0.2) is 5.79 Å². The number of ether oxygens (including phenoxy) is 2. The highest BCUT2D eigenvalue weighted by atomic mass is 16.8. The van der Waals surface area contributed by atoms with E-state index in [2.05, 4.69) is 20.1 Å². The van der Waals surface area contributed by atoms with Gasteiger partial charge in [-0.25, -0.2) is 0 Å². The van der Waals surface area contributed by atoms with Crippen LogP contribution in [0, 0.1) is 0 Å². The third kappa shape index (κ3) is 3.30. The Kier molecular flexibility index (Phi) is 3.76. The molecule has 0 radical (unpaired) electrons. The molecule has 0 aliphatic carbocycles. The molecule has 82 valence electrons. The number of nitrogens with zero attached hydrogens (tertiary/aromatic N) is 6. The standard InChI is InChI=1S/C7H12N6O2/c1-7(2)14-5(3-10-12-8)6(15-7)4-11-13-9/h5-6H,3-4H2,1-2H3/t5-,6-/m1/s1. The first kappa shape index (κ1) is 11.6. The Hall–Kier alpha value is -1.46. The number of hydrogen-bond acceptors (Lipinski definition) is 4. The summed E-state index contributed by atoms with van der Waals surface area (Å²) in [6.07, 6.45) is -0.720. The summed E-state index contributed by atoms with van der Waals surface area (Å²) in [6, 6.07) is 0. The van der Waals surface area contributed by atoms with Crippen molar-refractivity contribution in [1.29, 1.82) is 0 Å². The molecule has 0 N–H and O–H groups in total. The molecule has 0 unspecified atom stereocenters. The molecule has 15 heavy (non-hydrogen) atoms. The molecule has 0 aromatic rings. The maximum atomic E-state index is 8.20. The topological polar surface area (TPSA) is 116 Å². The van der Waals surface area contributed by atoms with E-state index in [1.807, 2.05) is 0 Å². The van der Waals surface area contributed by atoms with Crippen LogP contribution in [0.1, 0.15) is 13.8 Å². The summed E-state index contributed by atoms with van der Waals surface area (Å²) in [4.78, 5) is 5.30. The molecule has 0 bridgehead atoms.